The first kappa shape index (κ1) is 13.8. The summed E-state index contributed by atoms with van der Waals surface area (Å²) in [6, 6.07) is 3.82. The normalized spacial score (nSPS) is 19.4. The molecule has 0 fully saturated rings. The van der Waals surface area contributed by atoms with E-state index in [2.05, 4.69) is 11.9 Å². The summed E-state index contributed by atoms with van der Waals surface area (Å²) in [5.74, 6) is 0.610. The molecule has 0 amide bonds. The molecule has 1 aromatic rings. The van der Waals surface area contributed by atoms with Gasteiger partial charge in [-0.3, -0.25) is 4.79 Å². The number of aliphatic hydroxyl groups is 1. The van der Waals surface area contributed by atoms with Gasteiger partial charge in [0.25, 0.3) is 0 Å². The fourth-order valence-electron chi connectivity index (χ4n) is 2.51. The minimum Gasteiger partial charge on any atom is -0.496 e. The highest BCUT2D eigenvalue weighted by Gasteiger charge is 2.23. The van der Waals surface area contributed by atoms with Crippen LogP contribution < -0.4 is 10.1 Å². The maximum Gasteiger partial charge on any atom is 0.153 e. The van der Waals surface area contributed by atoms with Crippen molar-refractivity contribution in [1.82, 2.24) is 5.32 Å². The minimum absolute atomic E-state index is 0.0429. The number of hydrogen-bond donors (Lipinski definition) is 2. The Labute approximate surface area is 113 Å². The van der Waals surface area contributed by atoms with Crippen LogP contribution in [-0.4, -0.2) is 31.2 Å². The number of hydrogen-bond acceptors (Lipinski definition) is 4. The molecule has 0 saturated heterocycles. The number of nitrogens with one attached hydrogen (secondary N) is 1. The lowest BCUT2D eigenvalue weighted by Gasteiger charge is -2.28. The van der Waals surface area contributed by atoms with Crippen LogP contribution in [0.15, 0.2) is 24.8 Å². The predicted octanol–water partition coefficient (Wildman–Crippen LogP) is 1.63. The van der Waals surface area contributed by atoms with Crippen LogP contribution in [0.3, 0.4) is 0 Å². The molecule has 1 heterocycles. The average Bonchev–Trinajstić information content (AvgIpc) is 2.45. The molecule has 0 spiro atoms. The topological polar surface area (TPSA) is 58.6 Å². The van der Waals surface area contributed by atoms with Gasteiger partial charge in [0, 0.05) is 6.04 Å². The predicted molar refractivity (Wildman–Crippen MR) is 73.7 cm³/mol. The van der Waals surface area contributed by atoms with Gasteiger partial charge in [-0.1, -0.05) is 6.08 Å². The van der Waals surface area contributed by atoms with E-state index in [0.29, 0.717) is 17.7 Å². The standard InChI is InChI=1S/C15H19NO3/c1-3-12(18)8-14-13-6-11(9-17)15(19-2)7-10(13)4-5-16-14/h3,6-7,9,12,14,16,18H,1,4-5,8H2,2H3/t12?,14-/m0/s1. The Morgan fingerprint density at radius 3 is 3.05 bits per heavy atom. The van der Waals surface area contributed by atoms with E-state index in [4.69, 9.17) is 4.74 Å². The molecule has 2 N–H and O–H groups in total. The summed E-state index contributed by atoms with van der Waals surface area (Å²) in [7, 11) is 1.56. The summed E-state index contributed by atoms with van der Waals surface area (Å²) in [5, 5.41) is 13.1. The van der Waals surface area contributed by atoms with Crippen LogP contribution in [-0.2, 0) is 6.42 Å². The van der Waals surface area contributed by atoms with Crippen molar-refractivity contribution in [3.63, 3.8) is 0 Å². The van der Waals surface area contributed by atoms with Crippen LogP contribution in [0.5, 0.6) is 5.75 Å². The Morgan fingerprint density at radius 2 is 2.42 bits per heavy atom. The van der Waals surface area contributed by atoms with Crippen LogP contribution in [0.4, 0.5) is 0 Å². The molecule has 2 atom stereocenters. The lowest BCUT2D eigenvalue weighted by atomic mass is 9.89. The van der Waals surface area contributed by atoms with E-state index in [9.17, 15) is 9.90 Å². The van der Waals surface area contributed by atoms with E-state index >= 15 is 0 Å². The van der Waals surface area contributed by atoms with Crippen LogP contribution in [0.1, 0.15) is 33.9 Å². The second kappa shape index (κ2) is 5.99. The van der Waals surface area contributed by atoms with Gasteiger partial charge >= 0.3 is 0 Å². The fourth-order valence-corrected chi connectivity index (χ4v) is 2.51. The van der Waals surface area contributed by atoms with Crippen molar-refractivity contribution in [1.29, 1.82) is 0 Å². The van der Waals surface area contributed by atoms with Gasteiger partial charge in [0.05, 0.1) is 18.8 Å². The lowest BCUT2D eigenvalue weighted by molar-refractivity contribution is 0.112. The third-order valence-electron chi connectivity index (χ3n) is 3.53. The summed E-state index contributed by atoms with van der Waals surface area (Å²) in [4.78, 5) is 11.1. The van der Waals surface area contributed by atoms with Crippen LogP contribution in [0.2, 0.25) is 0 Å². The molecule has 0 aromatic heterocycles. The number of methoxy groups -OCH3 is 1. The van der Waals surface area contributed by atoms with Gasteiger partial charge in [0.2, 0.25) is 0 Å². The zero-order valence-corrected chi connectivity index (χ0v) is 11.1. The first-order valence-electron chi connectivity index (χ1n) is 6.39. The molecule has 2 rings (SSSR count). The van der Waals surface area contributed by atoms with Crippen molar-refractivity contribution in [2.24, 2.45) is 0 Å². The molecule has 1 unspecified atom stereocenters. The molecule has 4 nitrogen and oxygen atoms in total. The summed E-state index contributed by atoms with van der Waals surface area (Å²) in [6.07, 6.45) is 3.23. The van der Waals surface area contributed by atoms with Crippen molar-refractivity contribution in [2.45, 2.75) is 25.0 Å². The van der Waals surface area contributed by atoms with E-state index in [1.54, 1.807) is 7.11 Å². The Bertz CT molecular complexity index is 485. The number of ether oxygens (including phenoxy) is 1. The maximum absolute atomic E-state index is 11.1. The van der Waals surface area contributed by atoms with E-state index in [1.165, 1.54) is 11.6 Å². The Hall–Kier alpha value is -1.65. The van der Waals surface area contributed by atoms with Crippen LogP contribution >= 0.6 is 0 Å². The quantitative estimate of drug-likeness (QED) is 0.625. The van der Waals surface area contributed by atoms with Gasteiger partial charge in [-0.15, -0.1) is 6.58 Å². The fraction of sp³-hybridized carbons (Fsp3) is 0.400. The highest BCUT2D eigenvalue weighted by atomic mass is 16.5. The van der Waals surface area contributed by atoms with Gasteiger partial charge in [-0.05, 0) is 42.6 Å². The molecule has 1 aliphatic heterocycles. The van der Waals surface area contributed by atoms with Gasteiger partial charge < -0.3 is 15.2 Å². The van der Waals surface area contributed by atoms with Gasteiger partial charge in [0.15, 0.2) is 6.29 Å². The zero-order chi connectivity index (χ0) is 13.8. The monoisotopic (exact) mass is 261 g/mol. The SMILES string of the molecule is C=CC(O)C[C@@H]1NCCc2cc(OC)c(C=O)cc21. The third kappa shape index (κ3) is 2.85. The Morgan fingerprint density at radius 1 is 1.63 bits per heavy atom. The molecule has 0 bridgehead atoms. The number of benzene rings is 1. The molecular weight excluding hydrogens is 242 g/mol. The van der Waals surface area contributed by atoms with Gasteiger partial charge in [-0.25, -0.2) is 0 Å². The van der Waals surface area contributed by atoms with E-state index in [-0.39, 0.29) is 6.04 Å². The van der Waals surface area contributed by atoms with Crippen molar-refractivity contribution < 1.29 is 14.6 Å². The second-order valence-electron chi connectivity index (χ2n) is 4.71. The van der Waals surface area contributed by atoms with Gasteiger partial charge in [-0.2, -0.15) is 0 Å². The second-order valence-corrected chi connectivity index (χ2v) is 4.71. The van der Waals surface area contributed by atoms with Gasteiger partial charge in [0.1, 0.15) is 5.75 Å². The minimum atomic E-state index is -0.551. The van der Waals surface area contributed by atoms with Crippen molar-refractivity contribution in [2.75, 3.05) is 13.7 Å². The number of carbonyl (C=O) groups excluding carboxylic acids is 1. The summed E-state index contributed by atoms with van der Waals surface area (Å²) in [6.45, 7) is 4.44. The van der Waals surface area contributed by atoms with E-state index in [1.807, 2.05) is 12.1 Å². The highest BCUT2D eigenvalue weighted by Crippen LogP contribution is 2.31. The maximum atomic E-state index is 11.1. The molecule has 0 saturated carbocycles. The van der Waals surface area contributed by atoms with Crippen molar-refractivity contribution in [3.05, 3.63) is 41.5 Å². The van der Waals surface area contributed by atoms with Crippen LogP contribution in [0, 0.1) is 0 Å². The van der Waals surface area contributed by atoms with E-state index < -0.39 is 6.10 Å². The summed E-state index contributed by atoms with van der Waals surface area (Å²) < 4.78 is 5.22. The molecule has 0 aliphatic carbocycles. The lowest BCUT2D eigenvalue weighted by Crippen LogP contribution is -2.32. The van der Waals surface area contributed by atoms with Crippen LogP contribution in [0.25, 0.3) is 0 Å². The van der Waals surface area contributed by atoms with Crippen molar-refractivity contribution >= 4 is 6.29 Å². The number of rotatable bonds is 5. The largest absolute Gasteiger partial charge is 0.496 e. The first-order chi connectivity index (χ1) is 9.19. The molecule has 102 valence electrons. The molecule has 1 aromatic carbocycles. The molecule has 1 aliphatic rings. The summed E-state index contributed by atoms with van der Waals surface area (Å²) in [5.41, 5.74) is 2.78. The number of aldehydes is 1. The Kier molecular flexibility index (Phi) is 4.35. The summed E-state index contributed by atoms with van der Waals surface area (Å²) >= 11 is 0. The molecular formula is C15H19NO3. The smallest absolute Gasteiger partial charge is 0.153 e. The molecule has 4 heteroatoms. The molecule has 0 radical (unpaired) electrons. The average molecular weight is 261 g/mol. The number of fused-ring (bicyclic) bond motifs is 1. The Balaban J connectivity index is 2.37. The number of carbonyl (C=O) groups is 1. The number of aliphatic hydroxyl groups excluding tert-OH is 1. The zero-order valence-electron chi connectivity index (χ0n) is 11.1. The van der Waals surface area contributed by atoms with E-state index in [0.717, 1.165) is 24.8 Å². The molecule has 19 heavy (non-hydrogen) atoms. The third-order valence-corrected chi connectivity index (χ3v) is 3.53. The highest BCUT2D eigenvalue weighted by molar-refractivity contribution is 5.80. The van der Waals surface area contributed by atoms with Crippen molar-refractivity contribution in [3.8, 4) is 5.75 Å². The first-order valence-corrected chi connectivity index (χ1v) is 6.39.